The van der Waals surface area contributed by atoms with E-state index in [9.17, 15) is 9.18 Å². The minimum atomic E-state index is -0.287. The first-order valence-corrected chi connectivity index (χ1v) is 11.9. The molecule has 1 N–H and O–H groups in total. The van der Waals surface area contributed by atoms with Gasteiger partial charge in [0.05, 0.1) is 17.6 Å². The lowest BCUT2D eigenvalue weighted by Crippen LogP contribution is -2.41. The summed E-state index contributed by atoms with van der Waals surface area (Å²) in [5.41, 5.74) is 5.14. The van der Waals surface area contributed by atoms with Crippen molar-refractivity contribution in [3.63, 3.8) is 0 Å². The van der Waals surface area contributed by atoms with Gasteiger partial charge in [0.1, 0.15) is 5.82 Å². The summed E-state index contributed by atoms with van der Waals surface area (Å²) in [5, 5.41) is 2.92. The van der Waals surface area contributed by atoms with Gasteiger partial charge in [-0.25, -0.2) is 9.37 Å². The zero-order chi connectivity index (χ0) is 23.5. The number of amides is 1. The summed E-state index contributed by atoms with van der Waals surface area (Å²) < 4.78 is 16.1. The van der Waals surface area contributed by atoms with Crippen LogP contribution in [0.4, 0.5) is 10.3 Å². The lowest BCUT2D eigenvalue weighted by atomic mass is 9.96. The van der Waals surface area contributed by atoms with Crippen LogP contribution in [0.5, 0.6) is 0 Å². The molecule has 0 saturated carbocycles. The third-order valence-electron chi connectivity index (χ3n) is 6.78. The van der Waals surface area contributed by atoms with Crippen molar-refractivity contribution in [2.24, 2.45) is 5.92 Å². The molecule has 0 aliphatic carbocycles. The molecule has 174 valence electrons. The van der Waals surface area contributed by atoms with E-state index in [1.807, 2.05) is 12.1 Å². The molecule has 1 aromatic heterocycles. The molecule has 2 heterocycles. The molecular weight excluding hydrogens is 427 g/mol. The van der Waals surface area contributed by atoms with Gasteiger partial charge in [0, 0.05) is 31.1 Å². The van der Waals surface area contributed by atoms with Gasteiger partial charge in [0.15, 0.2) is 0 Å². The third-order valence-corrected chi connectivity index (χ3v) is 6.78. The number of carbonyl (C=O) groups excluding carboxylic acids is 1. The Bertz CT molecular complexity index is 1310. The maximum Gasteiger partial charge on any atom is 0.223 e. The van der Waals surface area contributed by atoms with Gasteiger partial charge >= 0.3 is 0 Å². The highest BCUT2D eigenvalue weighted by atomic mass is 19.1. The van der Waals surface area contributed by atoms with Gasteiger partial charge in [-0.1, -0.05) is 54.6 Å². The lowest BCUT2D eigenvalue weighted by Gasteiger charge is -2.32. The predicted molar refractivity (Wildman–Crippen MR) is 133 cm³/mol. The maximum atomic E-state index is 13.9. The fourth-order valence-corrected chi connectivity index (χ4v) is 4.73. The van der Waals surface area contributed by atoms with Crippen molar-refractivity contribution in [3.8, 4) is 0 Å². The van der Waals surface area contributed by atoms with Gasteiger partial charge in [-0.05, 0) is 49.1 Å². The number of piperidine rings is 1. The van der Waals surface area contributed by atoms with Gasteiger partial charge in [0.25, 0.3) is 0 Å². The highest BCUT2D eigenvalue weighted by molar-refractivity contribution is 5.80. The highest BCUT2D eigenvalue weighted by Crippen LogP contribution is 2.28. The average Bonchev–Trinajstić information content (AvgIpc) is 3.23. The van der Waals surface area contributed by atoms with Crippen molar-refractivity contribution in [1.82, 2.24) is 14.9 Å². The van der Waals surface area contributed by atoms with E-state index in [4.69, 9.17) is 4.98 Å². The van der Waals surface area contributed by atoms with Gasteiger partial charge < -0.3 is 14.8 Å². The predicted octanol–water partition coefficient (Wildman–Crippen LogP) is 5.06. The van der Waals surface area contributed by atoms with Crippen LogP contribution in [0.3, 0.4) is 0 Å². The quantitative estimate of drug-likeness (QED) is 0.441. The van der Waals surface area contributed by atoms with E-state index in [-0.39, 0.29) is 24.2 Å². The van der Waals surface area contributed by atoms with Crippen LogP contribution in [0.15, 0.2) is 72.8 Å². The van der Waals surface area contributed by atoms with E-state index in [0.29, 0.717) is 5.56 Å². The summed E-state index contributed by atoms with van der Waals surface area (Å²) in [5.74, 6) is 0.591. The molecule has 0 spiro atoms. The number of imidazole rings is 1. The first kappa shape index (κ1) is 22.1. The normalized spacial score (nSPS) is 14.5. The van der Waals surface area contributed by atoms with Crippen molar-refractivity contribution in [3.05, 3.63) is 95.3 Å². The van der Waals surface area contributed by atoms with Crippen molar-refractivity contribution >= 4 is 22.9 Å². The number of benzene rings is 3. The number of nitrogens with one attached hydrogen (secondary N) is 1. The number of rotatable bonds is 6. The van der Waals surface area contributed by atoms with Crippen LogP contribution >= 0.6 is 0 Å². The number of aromatic nitrogens is 2. The Labute approximate surface area is 199 Å². The minimum absolute atomic E-state index is 0.00341. The summed E-state index contributed by atoms with van der Waals surface area (Å²) in [7, 11) is 0. The molecule has 0 atom stereocenters. The van der Waals surface area contributed by atoms with Crippen LogP contribution < -0.4 is 10.2 Å². The van der Waals surface area contributed by atoms with Crippen molar-refractivity contribution in [1.29, 1.82) is 0 Å². The molecule has 1 aliphatic rings. The smallest absolute Gasteiger partial charge is 0.223 e. The number of para-hydroxylation sites is 2. The average molecular weight is 457 g/mol. The number of carbonyl (C=O) groups is 1. The summed E-state index contributed by atoms with van der Waals surface area (Å²) in [6, 6.07) is 23.2. The van der Waals surface area contributed by atoms with Crippen LogP contribution in [0.25, 0.3) is 11.0 Å². The fourth-order valence-electron chi connectivity index (χ4n) is 4.73. The Kier molecular flexibility index (Phi) is 6.30. The first-order chi connectivity index (χ1) is 16.6. The van der Waals surface area contributed by atoms with E-state index < -0.39 is 0 Å². The SMILES string of the molecule is Cc1ccccc1Cn1c(N2CCC(C(=O)NCc3ccccc3F)CC2)nc2ccccc21. The van der Waals surface area contributed by atoms with Crippen molar-refractivity contribution in [2.45, 2.75) is 32.9 Å². The van der Waals surface area contributed by atoms with Crippen LogP contribution in [0, 0.1) is 18.7 Å². The standard InChI is InChI=1S/C28H29FN4O/c1-20-8-2-3-10-23(20)19-33-26-13-7-6-12-25(26)31-28(33)32-16-14-21(15-17-32)27(34)30-18-22-9-4-5-11-24(22)29/h2-13,21H,14-19H2,1H3,(H,30,34). The maximum absolute atomic E-state index is 13.9. The molecule has 1 amide bonds. The van der Waals surface area contributed by atoms with Crippen molar-refractivity contribution < 1.29 is 9.18 Å². The Morgan fingerprint density at radius 3 is 2.41 bits per heavy atom. The molecule has 6 heteroatoms. The first-order valence-electron chi connectivity index (χ1n) is 11.9. The van der Waals surface area contributed by atoms with Crippen LogP contribution in [0.2, 0.25) is 0 Å². The molecule has 1 fully saturated rings. The number of hydrogen-bond acceptors (Lipinski definition) is 3. The number of aryl methyl sites for hydroxylation is 1. The Balaban J connectivity index is 1.29. The number of anilines is 1. The largest absolute Gasteiger partial charge is 0.352 e. The van der Waals surface area contributed by atoms with Crippen molar-refractivity contribution in [2.75, 3.05) is 18.0 Å². The molecule has 1 saturated heterocycles. The summed E-state index contributed by atoms with van der Waals surface area (Å²) in [6.07, 6.45) is 1.49. The molecule has 1 aliphatic heterocycles. The van der Waals surface area contributed by atoms with Gasteiger partial charge in [0.2, 0.25) is 11.9 Å². The fraction of sp³-hybridized carbons (Fsp3) is 0.286. The molecule has 0 unspecified atom stereocenters. The topological polar surface area (TPSA) is 50.2 Å². The second-order valence-corrected chi connectivity index (χ2v) is 8.98. The van der Waals surface area contributed by atoms with Crippen LogP contribution in [-0.4, -0.2) is 28.5 Å². The summed E-state index contributed by atoms with van der Waals surface area (Å²) in [6.45, 7) is 4.63. The zero-order valence-electron chi connectivity index (χ0n) is 19.4. The molecule has 5 nitrogen and oxygen atoms in total. The molecule has 3 aromatic carbocycles. The zero-order valence-corrected chi connectivity index (χ0v) is 19.4. The second kappa shape index (κ2) is 9.67. The third kappa shape index (κ3) is 4.53. The highest BCUT2D eigenvalue weighted by Gasteiger charge is 2.28. The van der Waals surface area contributed by atoms with E-state index in [1.165, 1.54) is 17.2 Å². The Morgan fingerprint density at radius 2 is 1.65 bits per heavy atom. The molecule has 0 bridgehead atoms. The lowest BCUT2D eigenvalue weighted by molar-refractivity contribution is -0.125. The van der Waals surface area contributed by atoms with Crippen LogP contribution in [-0.2, 0) is 17.9 Å². The summed E-state index contributed by atoms with van der Waals surface area (Å²) >= 11 is 0. The minimum Gasteiger partial charge on any atom is -0.352 e. The van der Waals surface area contributed by atoms with Gasteiger partial charge in [-0.2, -0.15) is 0 Å². The molecule has 34 heavy (non-hydrogen) atoms. The molecule has 5 rings (SSSR count). The van der Waals surface area contributed by atoms with E-state index in [0.717, 1.165) is 49.5 Å². The second-order valence-electron chi connectivity index (χ2n) is 8.98. The monoisotopic (exact) mass is 456 g/mol. The Morgan fingerprint density at radius 1 is 0.971 bits per heavy atom. The van der Waals surface area contributed by atoms with E-state index in [1.54, 1.807) is 18.2 Å². The molecular formula is C28H29FN4O. The molecule has 0 radical (unpaired) electrons. The van der Waals surface area contributed by atoms with E-state index >= 15 is 0 Å². The number of fused-ring (bicyclic) bond motifs is 1. The summed E-state index contributed by atoms with van der Waals surface area (Å²) in [4.78, 5) is 20.0. The number of halogens is 1. The van der Waals surface area contributed by atoms with E-state index in [2.05, 4.69) is 58.1 Å². The molecule has 4 aromatic rings. The van der Waals surface area contributed by atoms with Crippen LogP contribution in [0.1, 0.15) is 29.5 Å². The number of hydrogen-bond donors (Lipinski definition) is 1. The van der Waals surface area contributed by atoms with Gasteiger partial charge in [-0.15, -0.1) is 0 Å². The Hall–Kier alpha value is -3.67. The van der Waals surface area contributed by atoms with Gasteiger partial charge in [-0.3, -0.25) is 4.79 Å². The number of nitrogens with zero attached hydrogens (tertiary/aromatic N) is 3.